The summed E-state index contributed by atoms with van der Waals surface area (Å²) in [5.41, 5.74) is 7.89. The van der Waals surface area contributed by atoms with Crippen molar-refractivity contribution in [3.63, 3.8) is 0 Å². The second-order valence-electron chi connectivity index (χ2n) is 6.12. The predicted molar refractivity (Wildman–Crippen MR) is 112 cm³/mol. The first kappa shape index (κ1) is 19.4. The first-order valence-corrected chi connectivity index (χ1v) is 9.45. The first-order valence-electron chi connectivity index (χ1n) is 8.29. The van der Waals surface area contributed by atoms with Crippen LogP contribution in [0.4, 0.5) is 5.69 Å². The Bertz CT molecular complexity index is 1150. The van der Waals surface area contributed by atoms with Gasteiger partial charge in [0.25, 0.3) is 5.69 Å². The van der Waals surface area contributed by atoms with Crippen molar-refractivity contribution >= 4 is 46.9 Å². The third-order valence-corrected chi connectivity index (χ3v) is 5.05. The van der Waals surface area contributed by atoms with Crippen LogP contribution in [0.1, 0.15) is 11.1 Å². The van der Waals surface area contributed by atoms with Gasteiger partial charge in [-0.2, -0.15) is 0 Å². The van der Waals surface area contributed by atoms with Crippen molar-refractivity contribution in [1.82, 2.24) is 25.9 Å². The SMILES string of the molecule is O=[N+]([O-])c1ccc(CN2NNN=C2c2c[nH]n(-c3cc(Cl)cc(Cl)c3)c2=S)cc1. The number of H-pyrrole nitrogens is 1. The van der Waals surface area contributed by atoms with Crippen LogP contribution in [0, 0.1) is 14.8 Å². The molecule has 4 rings (SSSR count). The molecule has 1 aromatic heterocycles. The highest BCUT2D eigenvalue weighted by Gasteiger charge is 2.22. The Balaban J connectivity index is 1.60. The van der Waals surface area contributed by atoms with Gasteiger partial charge in [-0.15, -0.1) is 10.6 Å². The Hall–Kier alpha value is -2.92. The van der Waals surface area contributed by atoms with Crippen molar-refractivity contribution in [2.75, 3.05) is 0 Å². The van der Waals surface area contributed by atoms with Crippen LogP contribution in [-0.2, 0) is 6.54 Å². The highest BCUT2D eigenvalue weighted by molar-refractivity contribution is 7.71. The van der Waals surface area contributed by atoms with Crippen LogP contribution in [0.15, 0.2) is 53.8 Å². The average Bonchev–Trinajstić information content (AvgIpc) is 3.27. The topological polar surface area (TPSA) is 104 Å². The van der Waals surface area contributed by atoms with Gasteiger partial charge in [-0.1, -0.05) is 47.6 Å². The van der Waals surface area contributed by atoms with Crippen molar-refractivity contribution in [2.45, 2.75) is 6.54 Å². The van der Waals surface area contributed by atoms with Crippen molar-refractivity contribution in [3.8, 4) is 5.69 Å². The van der Waals surface area contributed by atoms with E-state index < -0.39 is 4.92 Å². The number of hydrogen-bond acceptors (Lipinski definition) is 7. The summed E-state index contributed by atoms with van der Waals surface area (Å²) in [6, 6.07) is 11.4. The average molecular weight is 450 g/mol. The number of rotatable bonds is 5. The number of hydrazine groups is 2. The zero-order valence-corrected chi connectivity index (χ0v) is 16.9. The number of aromatic nitrogens is 2. The molecule has 0 saturated heterocycles. The number of nitrogens with one attached hydrogen (secondary N) is 3. The lowest BCUT2D eigenvalue weighted by Gasteiger charge is -2.18. The number of hydrazone groups is 1. The summed E-state index contributed by atoms with van der Waals surface area (Å²) < 4.78 is 2.16. The largest absolute Gasteiger partial charge is 0.299 e. The Kier molecular flexibility index (Phi) is 5.24. The highest BCUT2D eigenvalue weighted by Crippen LogP contribution is 2.23. The van der Waals surface area contributed by atoms with Crippen LogP contribution in [0.5, 0.6) is 0 Å². The van der Waals surface area contributed by atoms with Crippen molar-refractivity contribution in [2.24, 2.45) is 5.10 Å². The molecule has 0 saturated carbocycles. The number of nitrogens with zero attached hydrogens (tertiary/aromatic N) is 4. The maximum absolute atomic E-state index is 10.8. The van der Waals surface area contributed by atoms with Gasteiger partial charge in [0.2, 0.25) is 0 Å². The molecule has 0 bridgehead atoms. The number of aromatic amines is 1. The summed E-state index contributed by atoms with van der Waals surface area (Å²) in [4.78, 5) is 10.4. The molecule has 0 radical (unpaired) electrons. The van der Waals surface area contributed by atoms with Crippen LogP contribution in [0.2, 0.25) is 10.0 Å². The molecule has 2 heterocycles. The molecule has 0 amide bonds. The minimum Gasteiger partial charge on any atom is -0.299 e. The Morgan fingerprint density at radius 2 is 1.83 bits per heavy atom. The summed E-state index contributed by atoms with van der Waals surface area (Å²) in [7, 11) is 0. The summed E-state index contributed by atoms with van der Waals surface area (Å²) in [6.45, 7) is 0.409. The van der Waals surface area contributed by atoms with Crippen LogP contribution >= 0.6 is 35.4 Å². The lowest BCUT2D eigenvalue weighted by Crippen LogP contribution is -2.40. The van der Waals surface area contributed by atoms with Crippen molar-refractivity contribution in [1.29, 1.82) is 0 Å². The van der Waals surface area contributed by atoms with Gasteiger partial charge in [-0.3, -0.25) is 20.2 Å². The molecule has 2 aromatic carbocycles. The molecule has 3 N–H and O–H groups in total. The van der Waals surface area contributed by atoms with Gasteiger partial charge in [-0.05, 0) is 23.8 Å². The molecular weight excluding hydrogens is 437 g/mol. The molecule has 0 aliphatic carbocycles. The number of non-ortho nitro benzene ring substituents is 1. The van der Waals surface area contributed by atoms with Gasteiger partial charge >= 0.3 is 0 Å². The fourth-order valence-corrected chi connectivity index (χ4v) is 3.69. The normalized spacial score (nSPS) is 13.3. The predicted octanol–water partition coefficient (Wildman–Crippen LogP) is 3.94. The van der Waals surface area contributed by atoms with Gasteiger partial charge in [0, 0.05) is 28.4 Å². The van der Waals surface area contributed by atoms with E-state index in [9.17, 15) is 10.1 Å². The van der Waals surface area contributed by atoms with E-state index >= 15 is 0 Å². The maximum Gasteiger partial charge on any atom is 0.269 e. The molecule has 1 aliphatic rings. The highest BCUT2D eigenvalue weighted by atomic mass is 35.5. The molecule has 29 heavy (non-hydrogen) atoms. The molecule has 0 atom stereocenters. The molecular formula is C17H13Cl2N7O2S. The van der Waals surface area contributed by atoms with E-state index in [-0.39, 0.29) is 5.69 Å². The summed E-state index contributed by atoms with van der Waals surface area (Å²) in [5.74, 6) is 0.566. The van der Waals surface area contributed by atoms with E-state index in [4.69, 9.17) is 35.4 Å². The van der Waals surface area contributed by atoms with Crippen molar-refractivity contribution in [3.05, 3.63) is 84.6 Å². The monoisotopic (exact) mass is 449 g/mol. The second kappa shape index (κ2) is 7.84. The quantitative estimate of drug-likeness (QED) is 0.309. The van der Waals surface area contributed by atoms with Crippen LogP contribution in [-0.4, -0.2) is 25.5 Å². The zero-order chi connectivity index (χ0) is 20.5. The van der Waals surface area contributed by atoms with Gasteiger partial charge in [0.15, 0.2) is 5.84 Å². The molecule has 9 nitrogen and oxygen atoms in total. The smallest absolute Gasteiger partial charge is 0.269 e. The minimum atomic E-state index is -0.434. The standard InChI is InChI=1S/C17H13Cl2N7O2S/c18-11-5-12(19)7-14(6-11)25-17(29)15(8-20-25)16-21-22-23-24(16)9-10-1-3-13(4-2-10)26(27)28/h1-8,20,22-23H,9H2. The Labute approximate surface area is 179 Å². The maximum atomic E-state index is 10.8. The number of halogens is 2. The fraction of sp³-hybridized carbons (Fsp3) is 0.0588. The molecule has 1 aliphatic heterocycles. The molecule has 148 valence electrons. The summed E-state index contributed by atoms with van der Waals surface area (Å²) >= 11 is 17.8. The van der Waals surface area contributed by atoms with E-state index in [1.165, 1.54) is 12.1 Å². The van der Waals surface area contributed by atoms with E-state index in [2.05, 4.69) is 21.3 Å². The molecule has 3 aromatic rings. The lowest BCUT2D eigenvalue weighted by molar-refractivity contribution is -0.384. The van der Waals surface area contributed by atoms with E-state index in [1.54, 1.807) is 46.2 Å². The fourth-order valence-electron chi connectivity index (χ4n) is 2.87. The summed E-state index contributed by atoms with van der Waals surface area (Å²) in [5, 5.41) is 20.9. The first-order chi connectivity index (χ1) is 13.9. The van der Waals surface area contributed by atoms with Gasteiger partial charge < -0.3 is 0 Å². The minimum absolute atomic E-state index is 0.0369. The number of amidine groups is 1. The molecule has 0 fully saturated rings. The van der Waals surface area contributed by atoms with Crippen LogP contribution < -0.4 is 11.1 Å². The van der Waals surface area contributed by atoms with Gasteiger partial charge in [0.1, 0.15) is 4.64 Å². The lowest BCUT2D eigenvalue weighted by atomic mass is 10.2. The van der Waals surface area contributed by atoms with Crippen LogP contribution in [0.3, 0.4) is 0 Å². The van der Waals surface area contributed by atoms with E-state index in [1.807, 2.05) is 0 Å². The third-order valence-electron chi connectivity index (χ3n) is 4.21. The van der Waals surface area contributed by atoms with Crippen molar-refractivity contribution < 1.29 is 4.92 Å². The number of hydrogen-bond donors (Lipinski definition) is 3. The summed E-state index contributed by atoms with van der Waals surface area (Å²) in [6.07, 6.45) is 1.73. The Morgan fingerprint density at radius 1 is 1.14 bits per heavy atom. The third kappa shape index (κ3) is 3.96. The number of nitro benzene ring substituents is 1. The number of benzene rings is 2. The van der Waals surface area contributed by atoms with Crippen LogP contribution in [0.25, 0.3) is 5.69 Å². The molecule has 12 heteroatoms. The Morgan fingerprint density at radius 3 is 2.48 bits per heavy atom. The van der Waals surface area contributed by atoms with Gasteiger partial charge in [0.05, 0.1) is 22.7 Å². The second-order valence-corrected chi connectivity index (χ2v) is 7.38. The molecule has 0 unspecified atom stereocenters. The molecule has 0 spiro atoms. The van der Waals surface area contributed by atoms with E-state index in [0.29, 0.717) is 38.3 Å². The van der Waals surface area contributed by atoms with Gasteiger partial charge in [-0.25, -0.2) is 10.2 Å². The zero-order valence-electron chi connectivity index (χ0n) is 14.6. The van der Waals surface area contributed by atoms with E-state index in [0.717, 1.165) is 5.56 Å². The number of nitro groups is 1.